The van der Waals surface area contributed by atoms with Crippen LogP contribution in [0.15, 0.2) is 42.5 Å². The molecule has 2 N–H and O–H groups in total. The lowest BCUT2D eigenvalue weighted by atomic mass is 9.82. The predicted octanol–water partition coefficient (Wildman–Crippen LogP) is 4.35. The number of aliphatic hydroxyl groups excluding tert-OH is 1. The van der Waals surface area contributed by atoms with Gasteiger partial charge in [-0.1, -0.05) is 31.1 Å². The summed E-state index contributed by atoms with van der Waals surface area (Å²) in [6.45, 7) is 0.842. The number of anilines is 1. The lowest BCUT2D eigenvalue weighted by molar-refractivity contribution is -0.138. The number of rotatable bonds is 3. The van der Waals surface area contributed by atoms with Gasteiger partial charge in [0.05, 0.1) is 25.8 Å². The molecule has 2 aliphatic heterocycles. The number of hydrogen-bond acceptors (Lipinski definition) is 4. The van der Waals surface area contributed by atoms with Gasteiger partial charge < -0.3 is 20.1 Å². The zero-order chi connectivity index (χ0) is 22.8. The molecule has 0 radical (unpaired) electrons. The fourth-order valence-corrected chi connectivity index (χ4v) is 5.79. The molecule has 5 heteroatoms. The highest BCUT2D eigenvalue weighted by Gasteiger charge is 2.46. The minimum Gasteiger partial charge on any atom is -0.497 e. The van der Waals surface area contributed by atoms with Crippen LogP contribution in [0, 0.1) is 23.7 Å². The van der Waals surface area contributed by atoms with Crippen LogP contribution < -0.4 is 10.1 Å². The van der Waals surface area contributed by atoms with Crippen LogP contribution in [0.25, 0.3) is 0 Å². The van der Waals surface area contributed by atoms with Gasteiger partial charge in [-0.15, -0.1) is 0 Å². The topological polar surface area (TPSA) is 61.8 Å². The number of benzene rings is 2. The van der Waals surface area contributed by atoms with Crippen LogP contribution in [0.3, 0.4) is 0 Å². The highest BCUT2D eigenvalue weighted by atomic mass is 16.5. The van der Waals surface area contributed by atoms with Gasteiger partial charge in [0.15, 0.2) is 0 Å². The third-order valence-corrected chi connectivity index (χ3v) is 7.55. The van der Waals surface area contributed by atoms with E-state index in [1.165, 1.54) is 6.42 Å². The fraction of sp³-hybridized carbons (Fsp3) is 0.464. The van der Waals surface area contributed by atoms with Crippen molar-refractivity contribution in [2.45, 2.75) is 50.6 Å². The molecular formula is C28H32N2O3. The smallest absolute Gasteiger partial charge is 0.226 e. The second kappa shape index (κ2) is 9.49. The van der Waals surface area contributed by atoms with Gasteiger partial charge >= 0.3 is 0 Å². The summed E-state index contributed by atoms with van der Waals surface area (Å²) in [4.78, 5) is 15.6. The van der Waals surface area contributed by atoms with Gasteiger partial charge in [0.1, 0.15) is 5.75 Å². The normalized spacial score (nSPS) is 24.2. The molecule has 0 bridgehead atoms. The van der Waals surface area contributed by atoms with Crippen molar-refractivity contribution >= 4 is 11.6 Å². The SMILES string of the molecule is COc1ccc(C#Cc2ccc3c(c2)[C@H]2[C@H](CCN2C(=O)C2CCCCC2)[C@H](CO)N3)cc1. The number of nitrogens with zero attached hydrogens (tertiary/aromatic N) is 1. The molecule has 3 atom stereocenters. The standard InChI is InChI=1S/C28H32N2O3/c1-33-22-12-9-19(10-13-22)7-8-20-11-14-25-24(17-20)27-23(26(18-31)29-25)15-16-30(27)28(32)21-5-3-2-4-6-21/h9-14,17,21,23,26-27,29,31H,2-6,15-16,18H2,1H3/t23-,26+,27-/m1/s1. The largest absolute Gasteiger partial charge is 0.497 e. The van der Waals surface area contributed by atoms with Crippen molar-refractivity contribution in [3.05, 3.63) is 59.2 Å². The molecule has 2 aromatic carbocycles. The van der Waals surface area contributed by atoms with Crippen molar-refractivity contribution in [1.29, 1.82) is 0 Å². The van der Waals surface area contributed by atoms with E-state index in [1.54, 1.807) is 7.11 Å². The molecular weight excluding hydrogens is 412 g/mol. The van der Waals surface area contributed by atoms with Crippen molar-refractivity contribution in [2.75, 3.05) is 25.6 Å². The minimum absolute atomic E-state index is 0.00978. The third kappa shape index (κ3) is 4.32. The van der Waals surface area contributed by atoms with Crippen molar-refractivity contribution in [2.24, 2.45) is 11.8 Å². The number of amides is 1. The maximum Gasteiger partial charge on any atom is 0.226 e. The average molecular weight is 445 g/mol. The average Bonchev–Trinajstić information content (AvgIpc) is 3.33. The summed E-state index contributed by atoms with van der Waals surface area (Å²) in [6.07, 6.45) is 6.49. The molecule has 0 aromatic heterocycles. The predicted molar refractivity (Wildman–Crippen MR) is 129 cm³/mol. The summed E-state index contributed by atoms with van der Waals surface area (Å²) in [5.41, 5.74) is 4.01. The number of likely N-dealkylation sites (tertiary alicyclic amines) is 1. The first-order chi connectivity index (χ1) is 16.2. The van der Waals surface area contributed by atoms with Gasteiger partial charge in [-0.05, 0) is 67.3 Å². The number of nitrogens with one attached hydrogen (secondary N) is 1. The molecule has 5 nitrogen and oxygen atoms in total. The Labute approximate surface area is 196 Å². The summed E-state index contributed by atoms with van der Waals surface area (Å²) < 4.78 is 5.22. The first-order valence-corrected chi connectivity index (χ1v) is 12.2. The third-order valence-electron chi connectivity index (χ3n) is 7.55. The molecule has 3 aliphatic rings. The van der Waals surface area contributed by atoms with Crippen molar-refractivity contribution in [3.63, 3.8) is 0 Å². The van der Waals surface area contributed by atoms with E-state index < -0.39 is 0 Å². The Morgan fingerprint density at radius 1 is 1.06 bits per heavy atom. The van der Waals surface area contributed by atoms with Gasteiger partial charge in [-0.25, -0.2) is 0 Å². The number of ether oxygens (including phenoxy) is 1. The maximum atomic E-state index is 13.5. The van der Waals surface area contributed by atoms with E-state index in [0.717, 1.165) is 66.8 Å². The number of hydrogen-bond donors (Lipinski definition) is 2. The van der Waals surface area contributed by atoms with Gasteiger partial charge in [-0.3, -0.25) is 4.79 Å². The Hall–Kier alpha value is -2.97. The van der Waals surface area contributed by atoms with E-state index in [2.05, 4.69) is 28.1 Å². The van der Waals surface area contributed by atoms with Crippen molar-refractivity contribution < 1.29 is 14.6 Å². The Balaban J connectivity index is 1.45. The number of carbonyl (C=O) groups is 1. The monoisotopic (exact) mass is 444 g/mol. The second-order valence-corrected chi connectivity index (χ2v) is 9.48. The molecule has 2 aromatic rings. The Kier molecular flexibility index (Phi) is 6.28. The number of carbonyl (C=O) groups excluding carboxylic acids is 1. The fourth-order valence-electron chi connectivity index (χ4n) is 5.79. The number of methoxy groups -OCH3 is 1. The van der Waals surface area contributed by atoms with Crippen LogP contribution in [0.1, 0.15) is 61.3 Å². The second-order valence-electron chi connectivity index (χ2n) is 9.48. The first-order valence-electron chi connectivity index (χ1n) is 12.2. The lowest BCUT2D eigenvalue weighted by Crippen LogP contribution is -2.44. The zero-order valence-corrected chi connectivity index (χ0v) is 19.2. The molecule has 0 unspecified atom stereocenters. The van der Waals surface area contributed by atoms with Crippen LogP contribution in [-0.4, -0.2) is 42.2 Å². The van der Waals surface area contributed by atoms with Gasteiger partial charge in [0, 0.05) is 35.2 Å². The van der Waals surface area contributed by atoms with E-state index in [4.69, 9.17) is 4.74 Å². The van der Waals surface area contributed by atoms with E-state index in [9.17, 15) is 9.90 Å². The van der Waals surface area contributed by atoms with Gasteiger partial charge in [0.2, 0.25) is 5.91 Å². The van der Waals surface area contributed by atoms with Crippen LogP contribution >= 0.6 is 0 Å². The molecule has 5 rings (SSSR count). The highest BCUT2D eigenvalue weighted by Crippen LogP contribution is 2.47. The molecule has 2 heterocycles. The van der Waals surface area contributed by atoms with Crippen molar-refractivity contribution in [3.8, 4) is 17.6 Å². The van der Waals surface area contributed by atoms with E-state index >= 15 is 0 Å². The lowest BCUT2D eigenvalue weighted by Gasteiger charge is -2.40. The summed E-state index contributed by atoms with van der Waals surface area (Å²) in [5.74, 6) is 8.02. The van der Waals surface area contributed by atoms with Gasteiger partial charge in [-0.2, -0.15) is 0 Å². The van der Waals surface area contributed by atoms with Gasteiger partial charge in [0.25, 0.3) is 0 Å². The Bertz CT molecular complexity index is 1060. The van der Waals surface area contributed by atoms with Crippen LogP contribution in [0.5, 0.6) is 5.75 Å². The molecule has 33 heavy (non-hydrogen) atoms. The molecule has 1 saturated carbocycles. The van der Waals surface area contributed by atoms with E-state index in [1.807, 2.05) is 36.4 Å². The number of aliphatic hydroxyl groups is 1. The zero-order valence-electron chi connectivity index (χ0n) is 19.2. The molecule has 1 amide bonds. The molecule has 2 fully saturated rings. The molecule has 172 valence electrons. The Morgan fingerprint density at radius 3 is 2.52 bits per heavy atom. The molecule has 1 saturated heterocycles. The highest BCUT2D eigenvalue weighted by molar-refractivity contribution is 5.80. The van der Waals surface area contributed by atoms with Crippen LogP contribution in [-0.2, 0) is 4.79 Å². The number of fused-ring (bicyclic) bond motifs is 3. The quantitative estimate of drug-likeness (QED) is 0.691. The van der Waals surface area contributed by atoms with Crippen molar-refractivity contribution in [1.82, 2.24) is 4.90 Å². The summed E-state index contributed by atoms with van der Waals surface area (Å²) in [5, 5.41) is 13.6. The molecule has 0 spiro atoms. The van der Waals surface area contributed by atoms with Crippen LogP contribution in [0.4, 0.5) is 5.69 Å². The summed E-state index contributed by atoms with van der Waals surface area (Å²) in [6, 6.07) is 13.9. The Morgan fingerprint density at radius 2 is 1.79 bits per heavy atom. The van der Waals surface area contributed by atoms with Crippen LogP contribution in [0.2, 0.25) is 0 Å². The maximum absolute atomic E-state index is 13.5. The summed E-state index contributed by atoms with van der Waals surface area (Å²) in [7, 11) is 1.65. The minimum atomic E-state index is -0.0251. The first kappa shape index (κ1) is 21.9. The van der Waals surface area contributed by atoms with E-state index in [0.29, 0.717) is 5.91 Å². The van der Waals surface area contributed by atoms with E-state index in [-0.39, 0.29) is 30.5 Å². The summed E-state index contributed by atoms with van der Waals surface area (Å²) >= 11 is 0. The molecule has 1 aliphatic carbocycles.